The van der Waals surface area contributed by atoms with Crippen LogP contribution >= 0.6 is 27.3 Å². The summed E-state index contributed by atoms with van der Waals surface area (Å²) in [6.07, 6.45) is 3.23. The predicted molar refractivity (Wildman–Crippen MR) is 69.3 cm³/mol. The fraction of sp³-hybridized carbons (Fsp3) is 0.273. The summed E-state index contributed by atoms with van der Waals surface area (Å²) in [5, 5.41) is 4.13. The highest BCUT2D eigenvalue weighted by molar-refractivity contribution is 9.11. The third-order valence-corrected chi connectivity index (χ3v) is 3.70. The van der Waals surface area contributed by atoms with E-state index in [0.29, 0.717) is 18.7 Å². The quantitative estimate of drug-likeness (QED) is 0.815. The molecule has 0 aromatic carbocycles. The van der Waals surface area contributed by atoms with E-state index in [1.165, 1.54) is 11.1 Å². The summed E-state index contributed by atoms with van der Waals surface area (Å²) < 4.78 is 7.71. The van der Waals surface area contributed by atoms with Crippen LogP contribution in [0.3, 0.4) is 0 Å². The molecule has 0 atom stereocenters. The number of thiophene rings is 1. The number of hydrogen-bond acceptors (Lipinski definition) is 4. The molecule has 0 aliphatic rings. The number of hydrogen-bond donors (Lipinski definition) is 0. The van der Waals surface area contributed by atoms with Crippen LogP contribution in [0.5, 0.6) is 0 Å². The lowest BCUT2D eigenvalue weighted by Crippen LogP contribution is -2.03. The Hall–Kier alpha value is -1.14. The molecule has 0 saturated heterocycles. The fourth-order valence-electron chi connectivity index (χ4n) is 1.37. The fourth-order valence-corrected chi connectivity index (χ4v) is 2.84. The predicted octanol–water partition coefficient (Wildman–Crippen LogP) is 2.93. The highest BCUT2D eigenvalue weighted by atomic mass is 79.9. The van der Waals surface area contributed by atoms with E-state index in [2.05, 4.69) is 21.0 Å². The SMILES string of the molecule is CCOC(=O)c1cnn(Cc2ccc(Br)s2)c1. The normalized spacial score (nSPS) is 10.5. The molecule has 0 N–H and O–H groups in total. The Morgan fingerprint density at radius 2 is 2.41 bits per heavy atom. The average molecular weight is 315 g/mol. The highest BCUT2D eigenvalue weighted by Gasteiger charge is 2.09. The first-order chi connectivity index (χ1) is 8.19. The van der Waals surface area contributed by atoms with E-state index in [1.54, 1.807) is 29.1 Å². The van der Waals surface area contributed by atoms with Gasteiger partial charge in [-0.1, -0.05) is 0 Å². The Labute approximate surface area is 111 Å². The van der Waals surface area contributed by atoms with Crippen molar-refractivity contribution in [3.05, 3.63) is 38.8 Å². The molecule has 0 saturated carbocycles. The number of carbonyl (C=O) groups is 1. The van der Waals surface area contributed by atoms with Crippen LogP contribution < -0.4 is 0 Å². The van der Waals surface area contributed by atoms with Crippen molar-refractivity contribution in [2.24, 2.45) is 0 Å². The molecule has 6 heteroatoms. The standard InChI is InChI=1S/C11H11BrN2O2S/c1-2-16-11(15)8-5-13-14(6-8)7-9-3-4-10(12)17-9/h3-6H,2,7H2,1H3. The van der Waals surface area contributed by atoms with E-state index >= 15 is 0 Å². The third-order valence-electron chi connectivity index (χ3n) is 2.09. The first kappa shape index (κ1) is 12.3. The number of rotatable bonds is 4. The van der Waals surface area contributed by atoms with Crippen molar-refractivity contribution in [3.63, 3.8) is 0 Å². The van der Waals surface area contributed by atoms with Gasteiger partial charge in [0.2, 0.25) is 0 Å². The van der Waals surface area contributed by atoms with Gasteiger partial charge in [0.1, 0.15) is 0 Å². The number of aromatic nitrogens is 2. The Morgan fingerprint density at radius 1 is 1.59 bits per heavy atom. The second-order valence-corrected chi connectivity index (χ2v) is 5.90. The molecule has 2 aromatic heterocycles. The van der Waals surface area contributed by atoms with Crippen LogP contribution in [-0.4, -0.2) is 22.4 Å². The Bertz CT molecular complexity index is 521. The molecule has 0 bridgehead atoms. The van der Waals surface area contributed by atoms with Gasteiger partial charge in [0, 0.05) is 11.1 Å². The van der Waals surface area contributed by atoms with Gasteiger partial charge in [0.15, 0.2) is 0 Å². The van der Waals surface area contributed by atoms with Gasteiger partial charge in [0.05, 0.1) is 28.7 Å². The molecule has 0 radical (unpaired) electrons. The molecule has 0 fully saturated rings. The van der Waals surface area contributed by atoms with Gasteiger partial charge in [-0.15, -0.1) is 11.3 Å². The lowest BCUT2D eigenvalue weighted by Gasteiger charge is -1.98. The van der Waals surface area contributed by atoms with Gasteiger partial charge in [-0.05, 0) is 35.0 Å². The molecule has 2 heterocycles. The second kappa shape index (κ2) is 5.46. The van der Waals surface area contributed by atoms with Crippen LogP contribution in [0, 0.1) is 0 Å². The van der Waals surface area contributed by atoms with Gasteiger partial charge in [-0.25, -0.2) is 4.79 Å². The Kier molecular flexibility index (Phi) is 3.96. The van der Waals surface area contributed by atoms with Crippen molar-refractivity contribution < 1.29 is 9.53 Å². The van der Waals surface area contributed by atoms with Crippen molar-refractivity contribution in [2.45, 2.75) is 13.5 Å². The van der Waals surface area contributed by atoms with E-state index < -0.39 is 0 Å². The molecule has 0 aliphatic heterocycles. The monoisotopic (exact) mass is 314 g/mol. The zero-order valence-corrected chi connectivity index (χ0v) is 11.6. The number of nitrogens with zero attached hydrogens (tertiary/aromatic N) is 2. The smallest absolute Gasteiger partial charge is 0.341 e. The summed E-state index contributed by atoms with van der Waals surface area (Å²) >= 11 is 5.06. The maximum Gasteiger partial charge on any atom is 0.341 e. The van der Waals surface area contributed by atoms with Crippen LogP contribution in [0.2, 0.25) is 0 Å². The number of ether oxygens (including phenoxy) is 1. The Balaban J connectivity index is 2.06. The lowest BCUT2D eigenvalue weighted by molar-refractivity contribution is 0.0526. The van der Waals surface area contributed by atoms with Crippen LogP contribution in [0.25, 0.3) is 0 Å². The number of halogens is 1. The largest absolute Gasteiger partial charge is 0.462 e. The molecule has 0 unspecified atom stereocenters. The summed E-state index contributed by atoms with van der Waals surface area (Å²) in [4.78, 5) is 12.6. The van der Waals surface area contributed by atoms with Crippen molar-refractivity contribution in [2.75, 3.05) is 6.61 Å². The highest BCUT2D eigenvalue weighted by Crippen LogP contribution is 2.22. The van der Waals surface area contributed by atoms with Crippen molar-refractivity contribution in [1.82, 2.24) is 9.78 Å². The summed E-state index contributed by atoms with van der Waals surface area (Å²) in [6.45, 7) is 2.82. The second-order valence-electron chi connectivity index (χ2n) is 3.35. The molecule has 17 heavy (non-hydrogen) atoms. The minimum atomic E-state index is -0.328. The molecule has 90 valence electrons. The van der Waals surface area contributed by atoms with E-state index in [9.17, 15) is 4.79 Å². The van der Waals surface area contributed by atoms with Crippen molar-refractivity contribution >= 4 is 33.2 Å². The Morgan fingerprint density at radius 3 is 3.06 bits per heavy atom. The summed E-state index contributed by atoms with van der Waals surface area (Å²) in [5.74, 6) is -0.328. The number of carbonyl (C=O) groups excluding carboxylic acids is 1. The average Bonchev–Trinajstić information content (AvgIpc) is 2.89. The van der Waals surface area contributed by atoms with Gasteiger partial charge in [0.25, 0.3) is 0 Å². The molecular formula is C11H11BrN2O2S. The van der Waals surface area contributed by atoms with Gasteiger partial charge in [-0.3, -0.25) is 4.68 Å². The topological polar surface area (TPSA) is 44.1 Å². The van der Waals surface area contributed by atoms with E-state index in [-0.39, 0.29) is 5.97 Å². The third kappa shape index (κ3) is 3.17. The summed E-state index contributed by atoms with van der Waals surface area (Å²) in [6, 6.07) is 4.02. The first-order valence-corrected chi connectivity index (χ1v) is 6.73. The zero-order valence-electron chi connectivity index (χ0n) is 9.22. The van der Waals surface area contributed by atoms with Gasteiger partial charge >= 0.3 is 5.97 Å². The van der Waals surface area contributed by atoms with Crippen LogP contribution in [0.15, 0.2) is 28.3 Å². The van der Waals surface area contributed by atoms with E-state index in [1.807, 2.05) is 12.1 Å². The molecule has 2 rings (SSSR count). The number of esters is 1. The van der Waals surface area contributed by atoms with Gasteiger partial charge < -0.3 is 4.74 Å². The molecule has 0 amide bonds. The molecule has 2 aromatic rings. The van der Waals surface area contributed by atoms with Crippen molar-refractivity contribution in [1.29, 1.82) is 0 Å². The van der Waals surface area contributed by atoms with Crippen LogP contribution in [0.1, 0.15) is 22.2 Å². The maximum atomic E-state index is 11.4. The van der Waals surface area contributed by atoms with Crippen molar-refractivity contribution in [3.8, 4) is 0 Å². The molecule has 4 nitrogen and oxygen atoms in total. The van der Waals surface area contributed by atoms with Gasteiger partial charge in [-0.2, -0.15) is 5.10 Å². The molecule has 0 aliphatic carbocycles. The minimum absolute atomic E-state index is 0.328. The lowest BCUT2D eigenvalue weighted by atomic mass is 10.4. The maximum absolute atomic E-state index is 11.4. The molecule has 0 spiro atoms. The van der Waals surface area contributed by atoms with E-state index in [4.69, 9.17) is 4.74 Å². The zero-order chi connectivity index (χ0) is 12.3. The molecular weight excluding hydrogens is 304 g/mol. The van der Waals surface area contributed by atoms with Crippen LogP contribution in [0.4, 0.5) is 0 Å². The minimum Gasteiger partial charge on any atom is -0.462 e. The summed E-state index contributed by atoms with van der Waals surface area (Å²) in [7, 11) is 0. The first-order valence-electron chi connectivity index (χ1n) is 5.13. The van der Waals surface area contributed by atoms with E-state index in [0.717, 1.165) is 3.79 Å². The van der Waals surface area contributed by atoms with Crippen LogP contribution in [-0.2, 0) is 11.3 Å². The summed E-state index contributed by atoms with van der Waals surface area (Å²) in [5.41, 5.74) is 0.488.